The molecule has 1 aliphatic rings. The fraction of sp³-hybridized carbons (Fsp3) is 0.417. The molecule has 80 valence electrons. The van der Waals surface area contributed by atoms with Crippen LogP contribution in [0, 0.1) is 0 Å². The summed E-state index contributed by atoms with van der Waals surface area (Å²) in [4.78, 5) is 11.1. The molecule has 0 aliphatic heterocycles. The summed E-state index contributed by atoms with van der Waals surface area (Å²) in [7, 11) is 0. The van der Waals surface area contributed by atoms with Crippen LogP contribution in [-0.4, -0.2) is 17.6 Å². The standard InChI is InChI=1S/C12H15NO2/c13-7-8-5-6-11(12(14)15)10-4-2-1-3-9(8)10/h1-4,8,11H,5-7,13H2,(H,14,15). The Bertz CT molecular complexity index is 376. The van der Waals surface area contributed by atoms with E-state index in [4.69, 9.17) is 10.8 Å². The number of rotatable bonds is 2. The molecule has 0 spiro atoms. The summed E-state index contributed by atoms with van der Waals surface area (Å²) >= 11 is 0. The van der Waals surface area contributed by atoms with Gasteiger partial charge in [-0.15, -0.1) is 0 Å². The van der Waals surface area contributed by atoms with Crippen LogP contribution in [-0.2, 0) is 4.79 Å². The van der Waals surface area contributed by atoms with Crippen molar-refractivity contribution in [3.63, 3.8) is 0 Å². The Morgan fingerprint density at radius 3 is 2.60 bits per heavy atom. The Labute approximate surface area is 88.9 Å². The van der Waals surface area contributed by atoms with E-state index in [-0.39, 0.29) is 5.92 Å². The largest absolute Gasteiger partial charge is 0.481 e. The zero-order valence-corrected chi connectivity index (χ0v) is 8.52. The van der Waals surface area contributed by atoms with Crippen LogP contribution < -0.4 is 5.73 Å². The second-order valence-electron chi connectivity index (χ2n) is 4.03. The molecule has 2 unspecified atom stereocenters. The van der Waals surface area contributed by atoms with Crippen LogP contribution in [0.4, 0.5) is 0 Å². The highest BCUT2D eigenvalue weighted by atomic mass is 16.4. The Morgan fingerprint density at radius 1 is 1.33 bits per heavy atom. The number of carboxylic acids is 1. The summed E-state index contributed by atoms with van der Waals surface area (Å²) in [5, 5.41) is 9.11. The molecule has 0 heterocycles. The van der Waals surface area contributed by atoms with Crippen LogP contribution in [0.1, 0.15) is 35.8 Å². The lowest BCUT2D eigenvalue weighted by Gasteiger charge is -2.28. The topological polar surface area (TPSA) is 63.3 Å². The van der Waals surface area contributed by atoms with Gasteiger partial charge in [0.05, 0.1) is 5.92 Å². The summed E-state index contributed by atoms with van der Waals surface area (Å²) in [6.07, 6.45) is 1.58. The first-order chi connectivity index (χ1) is 7.24. The number of aliphatic carboxylic acids is 1. The molecule has 1 aliphatic carbocycles. The fourth-order valence-electron chi connectivity index (χ4n) is 2.38. The Kier molecular flexibility index (Phi) is 2.73. The van der Waals surface area contributed by atoms with Gasteiger partial charge in [0, 0.05) is 0 Å². The van der Waals surface area contributed by atoms with E-state index in [1.54, 1.807) is 0 Å². The molecule has 15 heavy (non-hydrogen) atoms. The molecule has 3 N–H and O–H groups in total. The lowest BCUT2D eigenvalue weighted by Crippen LogP contribution is -2.24. The summed E-state index contributed by atoms with van der Waals surface area (Å²) in [6, 6.07) is 7.76. The van der Waals surface area contributed by atoms with Crippen LogP contribution in [0.3, 0.4) is 0 Å². The summed E-state index contributed by atoms with van der Waals surface area (Å²) in [5.74, 6) is -0.737. The van der Waals surface area contributed by atoms with Gasteiger partial charge < -0.3 is 10.8 Å². The van der Waals surface area contributed by atoms with Crippen molar-refractivity contribution in [2.45, 2.75) is 24.7 Å². The van der Waals surface area contributed by atoms with Crippen molar-refractivity contribution in [2.75, 3.05) is 6.54 Å². The lowest BCUT2D eigenvalue weighted by atomic mass is 9.77. The van der Waals surface area contributed by atoms with E-state index in [0.29, 0.717) is 18.9 Å². The van der Waals surface area contributed by atoms with Gasteiger partial charge in [0.25, 0.3) is 0 Å². The predicted molar refractivity (Wildman–Crippen MR) is 57.8 cm³/mol. The molecule has 3 nitrogen and oxygen atoms in total. The smallest absolute Gasteiger partial charge is 0.310 e. The zero-order valence-electron chi connectivity index (χ0n) is 8.52. The molecule has 0 bridgehead atoms. The molecular weight excluding hydrogens is 190 g/mol. The molecule has 1 aromatic carbocycles. The highest BCUT2D eigenvalue weighted by Crippen LogP contribution is 2.38. The van der Waals surface area contributed by atoms with Crippen LogP contribution in [0.25, 0.3) is 0 Å². The Hall–Kier alpha value is -1.35. The minimum absolute atomic E-state index is 0.330. The molecule has 1 aromatic rings. The van der Waals surface area contributed by atoms with Gasteiger partial charge in [0.1, 0.15) is 0 Å². The number of fused-ring (bicyclic) bond motifs is 1. The van der Waals surface area contributed by atoms with Gasteiger partial charge in [0.2, 0.25) is 0 Å². The van der Waals surface area contributed by atoms with Crippen molar-refractivity contribution in [3.8, 4) is 0 Å². The molecule has 2 rings (SSSR count). The number of nitrogens with two attached hydrogens (primary N) is 1. The molecule has 0 fully saturated rings. The van der Waals surface area contributed by atoms with Crippen molar-refractivity contribution >= 4 is 5.97 Å². The molecule has 3 heteroatoms. The van der Waals surface area contributed by atoms with Gasteiger partial charge in [0.15, 0.2) is 0 Å². The predicted octanol–water partition coefficient (Wildman–Crippen LogP) is 1.69. The number of benzene rings is 1. The summed E-state index contributed by atoms with van der Waals surface area (Å²) < 4.78 is 0. The zero-order chi connectivity index (χ0) is 10.8. The lowest BCUT2D eigenvalue weighted by molar-refractivity contribution is -0.139. The number of carbonyl (C=O) groups is 1. The average Bonchev–Trinajstić information content (AvgIpc) is 2.27. The van der Waals surface area contributed by atoms with Crippen LogP contribution in [0.5, 0.6) is 0 Å². The van der Waals surface area contributed by atoms with Crippen molar-refractivity contribution in [1.29, 1.82) is 0 Å². The highest BCUT2D eigenvalue weighted by molar-refractivity contribution is 5.77. The first-order valence-corrected chi connectivity index (χ1v) is 5.25. The fourth-order valence-corrected chi connectivity index (χ4v) is 2.38. The minimum Gasteiger partial charge on any atom is -0.481 e. The molecule has 0 amide bonds. The van der Waals surface area contributed by atoms with Gasteiger partial charge in [-0.1, -0.05) is 24.3 Å². The van der Waals surface area contributed by atoms with E-state index in [1.165, 1.54) is 0 Å². The van der Waals surface area contributed by atoms with Crippen molar-refractivity contribution in [3.05, 3.63) is 35.4 Å². The second-order valence-corrected chi connectivity index (χ2v) is 4.03. The van der Waals surface area contributed by atoms with Gasteiger partial charge in [-0.2, -0.15) is 0 Å². The number of hydrogen-bond donors (Lipinski definition) is 2. The quantitative estimate of drug-likeness (QED) is 0.772. The van der Waals surface area contributed by atoms with Crippen molar-refractivity contribution in [2.24, 2.45) is 5.73 Å². The Balaban J connectivity index is 2.43. The second kappa shape index (κ2) is 4.03. The maximum Gasteiger partial charge on any atom is 0.310 e. The van der Waals surface area contributed by atoms with Gasteiger partial charge in [-0.05, 0) is 36.4 Å². The molecule has 2 atom stereocenters. The third-order valence-corrected chi connectivity index (χ3v) is 3.20. The van der Waals surface area contributed by atoms with Crippen molar-refractivity contribution in [1.82, 2.24) is 0 Å². The molecular formula is C12H15NO2. The van der Waals surface area contributed by atoms with Gasteiger partial charge in [-0.3, -0.25) is 4.79 Å². The maximum atomic E-state index is 11.1. The Morgan fingerprint density at radius 2 is 2.00 bits per heavy atom. The van der Waals surface area contributed by atoms with E-state index in [2.05, 4.69) is 0 Å². The van der Waals surface area contributed by atoms with Crippen LogP contribution in [0.15, 0.2) is 24.3 Å². The normalized spacial score (nSPS) is 24.6. The molecule has 0 saturated heterocycles. The van der Waals surface area contributed by atoms with E-state index in [9.17, 15) is 4.79 Å². The SMILES string of the molecule is NCC1CCC(C(=O)O)c2ccccc21. The van der Waals surface area contributed by atoms with E-state index in [0.717, 1.165) is 17.5 Å². The monoisotopic (exact) mass is 205 g/mol. The first kappa shape index (κ1) is 10.2. The third kappa shape index (κ3) is 1.75. The highest BCUT2D eigenvalue weighted by Gasteiger charge is 2.30. The maximum absolute atomic E-state index is 11.1. The van der Waals surface area contributed by atoms with Gasteiger partial charge >= 0.3 is 5.97 Å². The number of hydrogen-bond acceptors (Lipinski definition) is 2. The van der Waals surface area contributed by atoms with Crippen molar-refractivity contribution < 1.29 is 9.90 Å². The van der Waals surface area contributed by atoms with E-state index < -0.39 is 5.97 Å². The number of carboxylic acid groups (broad SMARTS) is 1. The third-order valence-electron chi connectivity index (χ3n) is 3.20. The molecule has 0 radical (unpaired) electrons. The van der Waals surface area contributed by atoms with Crippen LogP contribution >= 0.6 is 0 Å². The minimum atomic E-state index is -0.724. The van der Waals surface area contributed by atoms with E-state index in [1.807, 2.05) is 24.3 Å². The summed E-state index contributed by atoms with van der Waals surface area (Å²) in [6.45, 7) is 0.601. The van der Waals surface area contributed by atoms with E-state index >= 15 is 0 Å². The summed E-state index contributed by atoms with van der Waals surface area (Å²) in [5.41, 5.74) is 7.77. The first-order valence-electron chi connectivity index (χ1n) is 5.25. The van der Waals surface area contributed by atoms with Gasteiger partial charge in [-0.25, -0.2) is 0 Å². The molecule has 0 saturated carbocycles. The van der Waals surface area contributed by atoms with Crippen LogP contribution in [0.2, 0.25) is 0 Å². The average molecular weight is 205 g/mol. The molecule has 0 aromatic heterocycles.